The molecule has 2 aromatic rings. The minimum Gasteiger partial charge on any atom is -0.391 e. The third-order valence-electron chi connectivity index (χ3n) is 3.33. The summed E-state index contributed by atoms with van der Waals surface area (Å²) < 4.78 is 28.9. The molecule has 0 fully saturated rings. The maximum absolute atomic E-state index is 12.0. The molecule has 0 amide bonds. The summed E-state index contributed by atoms with van der Waals surface area (Å²) in [4.78, 5) is 0.105. The van der Waals surface area contributed by atoms with Crippen LogP contribution in [0.1, 0.15) is 17.5 Å². The lowest BCUT2D eigenvalue weighted by Gasteiger charge is -2.11. The first-order valence-corrected chi connectivity index (χ1v) is 8.56. The minimum atomic E-state index is -3.82. The topological polar surface area (TPSA) is 63.6 Å². The van der Waals surface area contributed by atoms with Gasteiger partial charge in [-0.05, 0) is 37.5 Å². The van der Waals surface area contributed by atoms with Crippen molar-refractivity contribution in [2.24, 2.45) is 0 Å². The Morgan fingerprint density at radius 1 is 1.05 bits per heavy atom. The van der Waals surface area contributed by atoms with Crippen LogP contribution in [0.5, 0.6) is 0 Å². The van der Waals surface area contributed by atoms with Crippen molar-refractivity contribution in [3.63, 3.8) is 0 Å². The van der Waals surface area contributed by atoms with Crippen LogP contribution < -0.4 is 0 Å². The van der Waals surface area contributed by atoms with Gasteiger partial charge in [-0.25, -0.2) is 0 Å². The quantitative estimate of drug-likeness (QED) is 0.797. The maximum atomic E-state index is 12.0. The molecule has 0 heterocycles. The van der Waals surface area contributed by atoms with Gasteiger partial charge in [-0.15, -0.1) is 0 Å². The summed E-state index contributed by atoms with van der Waals surface area (Å²) in [6, 6.07) is 16.1. The van der Waals surface area contributed by atoms with E-state index in [2.05, 4.69) is 0 Å². The molecule has 0 aromatic heterocycles. The van der Waals surface area contributed by atoms with E-state index in [1.54, 1.807) is 12.1 Å². The number of aliphatic hydroxyl groups is 1. The number of aliphatic hydroxyl groups excluding tert-OH is 1. The van der Waals surface area contributed by atoms with Gasteiger partial charge in [0.2, 0.25) is 0 Å². The Morgan fingerprint density at radius 3 is 2.32 bits per heavy atom. The second-order valence-electron chi connectivity index (χ2n) is 5.23. The second-order valence-corrected chi connectivity index (χ2v) is 6.85. The lowest BCUT2D eigenvalue weighted by Crippen LogP contribution is -2.19. The standard InChI is InChI=1S/C17H20O4S/c1-14-7-11-17(12-8-14)22(19,20)21-13-16(18)10-9-15-5-3-2-4-6-15/h2-8,11-12,16,18H,9-10,13H2,1H3. The van der Waals surface area contributed by atoms with Gasteiger partial charge in [-0.2, -0.15) is 8.42 Å². The predicted octanol–water partition coefficient (Wildman–Crippen LogP) is 2.69. The fourth-order valence-corrected chi connectivity index (χ4v) is 2.94. The molecule has 0 saturated heterocycles. The molecule has 0 aliphatic heterocycles. The van der Waals surface area contributed by atoms with Crippen molar-refractivity contribution in [3.05, 3.63) is 65.7 Å². The van der Waals surface area contributed by atoms with Crippen molar-refractivity contribution in [3.8, 4) is 0 Å². The van der Waals surface area contributed by atoms with Gasteiger partial charge in [0.15, 0.2) is 0 Å². The summed E-state index contributed by atoms with van der Waals surface area (Å²) in [5.74, 6) is 0. The summed E-state index contributed by atoms with van der Waals surface area (Å²) in [5, 5.41) is 9.88. The van der Waals surface area contributed by atoms with Crippen LogP contribution in [0.3, 0.4) is 0 Å². The molecule has 118 valence electrons. The van der Waals surface area contributed by atoms with E-state index in [-0.39, 0.29) is 11.5 Å². The van der Waals surface area contributed by atoms with Crippen molar-refractivity contribution in [2.45, 2.75) is 30.8 Å². The van der Waals surface area contributed by atoms with Crippen molar-refractivity contribution in [1.29, 1.82) is 0 Å². The Balaban J connectivity index is 1.85. The van der Waals surface area contributed by atoms with Gasteiger partial charge < -0.3 is 5.11 Å². The van der Waals surface area contributed by atoms with E-state index in [0.717, 1.165) is 11.1 Å². The second kappa shape index (κ2) is 7.54. The van der Waals surface area contributed by atoms with E-state index in [1.165, 1.54) is 12.1 Å². The lowest BCUT2D eigenvalue weighted by atomic mass is 10.1. The van der Waals surface area contributed by atoms with Crippen LogP contribution in [0, 0.1) is 6.92 Å². The third kappa shape index (κ3) is 4.94. The van der Waals surface area contributed by atoms with Gasteiger partial charge >= 0.3 is 0 Å². The number of benzene rings is 2. The van der Waals surface area contributed by atoms with Crippen LogP contribution in [-0.4, -0.2) is 26.2 Å². The molecule has 22 heavy (non-hydrogen) atoms. The normalized spacial score (nSPS) is 13.0. The Bertz CT molecular complexity index is 678. The van der Waals surface area contributed by atoms with Gasteiger partial charge in [0.25, 0.3) is 10.1 Å². The first-order valence-electron chi connectivity index (χ1n) is 7.15. The molecule has 0 saturated carbocycles. The van der Waals surface area contributed by atoms with Crippen molar-refractivity contribution >= 4 is 10.1 Å². The van der Waals surface area contributed by atoms with E-state index in [1.807, 2.05) is 37.3 Å². The van der Waals surface area contributed by atoms with Gasteiger partial charge in [0, 0.05) is 0 Å². The van der Waals surface area contributed by atoms with Crippen molar-refractivity contribution in [2.75, 3.05) is 6.61 Å². The average molecular weight is 320 g/mol. The highest BCUT2D eigenvalue weighted by Gasteiger charge is 2.17. The molecule has 0 bridgehead atoms. The van der Waals surface area contributed by atoms with Gasteiger partial charge in [-0.3, -0.25) is 4.18 Å². The van der Waals surface area contributed by atoms with Crippen LogP contribution in [0.15, 0.2) is 59.5 Å². The van der Waals surface area contributed by atoms with E-state index < -0.39 is 16.2 Å². The molecule has 1 unspecified atom stereocenters. The summed E-state index contributed by atoms with van der Waals surface area (Å²) >= 11 is 0. The fourth-order valence-electron chi connectivity index (χ4n) is 2.00. The summed E-state index contributed by atoms with van der Waals surface area (Å²) in [6.45, 7) is 1.65. The van der Waals surface area contributed by atoms with Crippen LogP contribution in [0.25, 0.3) is 0 Å². The molecule has 1 atom stereocenters. The molecule has 0 radical (unpaired) electrons. The molecule has 4 nitrogen and oxygen atoms in total. The summed E-state index contributed by atoms with van der Waals surface area (Å²) in [5.41, 5.74) is 2.07. The van der Waals surface area contributed by atoms with Gasteiger partial charge in [0.1, 0.15) is 0 Å². The first kappa shape index (κ1) is 16.7. The third-order valence-corrected chi connectivity index (χ3v) is 4.63. The lowest BCUT2D eigenvalue weighted by molar-refractivity contribution is 0.103. The molecule has 5 heteroatoms. The highest BCUT2D eigenvalue weighted by Crippen LogP contribution is 2.14. The highest BCUT2D eigenvalue weighted by atomic mass is 32.2. The maximum Gasteiger partial charge on any atom is 0.297 e. The van der Waals surface area contributed by atoms with Crippen LogP contribution >= 0.6 is 0 Å². The SMILES string of the molecule is Cc1ccc(S(=O)(=O)OCC(O)CCc2ccccc2)cc1. The number of hydrogen-bond donors (Lipinski definition) is 1. The Kier molecular flexibility index (Phi) is 5.71. The fraction of sp³-hybridized carbons (Fsp3) is 0.294. The highest BCUT2D eigenvalue weighted by molar-refractivity contribution is 7.86. The van der Waals surface area contributed by atoms with E-state index >= 15 is 0 Å². The van der Waals surface area contributed by atoms with Gasteiger partial charge in [-0.1, -0.05) is 48.0 Å². The molecule has 1 N–H and O–H groups in total. The van der Waals surface area contributed by atoms with E-state index in [4.69, 9.17) is 4.18 Å². The minimum absolute atomic E-state index is 0.105. The van der Waals surface area contributed by atoms with Crippen LogP contribution in [0.4, 0.5) is 0 Å². The van der Waals surface area contributed by atoms with Crippen LogP contribution in [-0.2, 0) is 20.7 Å². The number of rotatable bonds is 7. The van der Waals surface area contributed by atoms with Crippen molar-refractivity contribution in [1.82, 2.24) is 0 Å². The Labute approximate surface area is 131 Å². The number of hydrogen-bond acceptors (Lipinski definition) is 4. The molecule has 0 aliphatic carbocycles. The molecule has 2 rings (SSSR count). The van der Waals surface area contributed by atoms with E-state index in [0.29, 0.717) is 12.8 Å². The average Bonchev–Trinajstić information content (AvgIpc) is 2.52. The zero-order valence-corrected chi connectivity index (χ0v) is 13.3. The van der Waals surface area contributed by atoms with Crippen molar-refractivity contribution < 1.29 is 17.7 Å². The predicted molar refractivity (Wildman–Crippen MR) is 85.1 cm³/mol. The monoisotopic (exact) mass is 320 g/mol. The van der Waals surface area contributed by atoms with Crippen LogP contribution in [0.2, 0.25) is 0 Å². The van der Waals surface area contributed by atoms with E-state index in [9.17, 15) is 13.5 Å². The van der Waals surface area contributed by atoms with Gasteiger partial charge in [0.05, 0.1) is 17.6 Å². The Morgan fingerprint density at radius 2 is 1.68 bits per heavy atom. The molecule has 0 spiro atoms. The Hall–Kier alpha value is -1.69. The first-order chi connectivity index (χ1) is 10.5. The molecule has 0 aliphatic rings. The number of aryl methyl sites for hydroxylation is 2. The molecule has 2 aromatic carbocycles. The molecular weight excluding hydrogens is 300 g/mol. The largest absolute Gasteiger partial charge is 0.391 e. The summed E-state index contributed by atoms with van der Waals surface area (Å²) in [6.07, 6.45) is 0.309. The smallest absolute Gasteiger partial charge is 0.297 e. The molecular formula is C17H20O4S. The zero-order chi connectivity index (χ0) is 16.0. The zero-order valence-electron chi connectivity index (χ0n) is 12.5. The summed E-state index contributed by atoms with van der Waals surface area (Å²) in [7, 11) is -3.82.